The molecule has 2 aromatic heterocycles. The SMILES string of the molecule is Cn1cc2ccc(C(=O)N[C@H]3CC[C@H](CCN4CCc5nc(OCC(C)(F)F)sc5CC4)OC3)cc2n1. The molecule has 3 aromatic rings. The molecule has 1 fully saturated rings. The average Bonchev–Trinajstić information content (AvgIpc) is 3.38. The van der Waals surface area contributed by atoms with E-state index in [2.05, 4.69) is 20.3 Å². The maximum absolute atomic E-state index is 13.1. The fourth-order valence-corrected chi connectivity index (χ4v) is 5.83. The third kappa shape index (κ3) is 6.82. The Bertz CT molecular complexity index is 1210. The van der Waals surface area contributed by atoms with E-state index in [1.165, 1.54) is 11.3 Å². The number of rotatable bonds is 8. The zero-order valence-electron chi connectivity index (χ0n) is 21.2. The summed E-state index contributed by atoms with van der Waals surface area (Å²) in [5.41, 5.74) is 2.39. The van der Waals surface area contributed by atoms with Gasteiger partial charge in [0.2, 0.25) is 0 Å². The second-order valence-electron chi connectivity index (χ2n) is 10.1. The van der Waals surface area contributed by atoms with Crippen molar-refractivity contribution in [2.45, 2.75) is 57.1 Å². The highest BCUT2D eigenvalue weighted by Gasteiger charge is 2.26. The highest BCUT2D eigenvalue weighted by atomic mass is 32.1. The van der Waals surface area contributed by atoms with Crippen molar-refractivity contribution in [2.24, 2.45) is 7.05 Å². The minimum atomic E-state index is -2.86. The van der Waals surface area contributed by atoms with Crippen LogP contribution in [0.5, 0.6) is 5.19 Å². The van der Waals surface area contributed by atoms with Crippen LogP contribution in [-0.2, 0) is 24.6 Å². The van der Waals surface area contributed by atoms with E-state index in [0.717, 1.165) is 80.1 Å². The topological polar surface area (TPSA) is 81.5 Å². The van der Waals surface area contributed by atoms with Gasteiger partial charge in [-0.1, -0.05) is 17.4 Å². The molecule has 200 valence electrons. The van der Waals surface area contributed by atoms with E-state index < -0.39 is 12.5 Å². The molecule has 2 aliphatic heterocycles. The van der Waals surface area contributed by atoms with Gasteiger partial charge in [-0.3, -0.25) is 9.48 Å². The lowest BCUT2D eigenvalue weighted by atomic mass is 10.0. The number of aromatic nitrogens is 3. The van der Waals surface area contributed by atoms with Crippen molar-refractivity contribution >= 4 is 28.1 Å². The van der Waals surface area contributed by atoms with E-state index in [9.17, 15) is 13.6 Å². The highest BCUT2D eigenvalue weighted by Crippen LogP contribution is 2.29. The number of hydrogen-bond donors (Lipinski definition) is 1. The number of alkyl halides is 2. The Morgan fingerprint density at radius 1 is 1.30 bits per heavy atom. The Hall–Kier alpha value is -2.63. The van der Waals surface area contributed by atoms with Gasteiger partial charge in [0.1, 0.15) is 0 Å². The molecule has 0 unspecified atom stereocenters. The van der Waals surface area contributed by atoms with E-state index in [1.807, 2.05) is 31.4 Å². The van der Waals surface area contributed by atoms with Gasteiger partial charge in [0.25, 0.3) is 17.0 Å². The van der Waals surface area contributed by atoms with Gasteiger partial charge in [0.05, 0.1) is 30.0 Å². The maximum atomic E-state index is 13.1. The van der Waals surface area contributed by atoms with Crippen molar-refractivity contribution in [1.82, 2.24) is 25.0 Å². The summed E-state index contributed by atoms with van der Waals surface area (Å²) < 4.78 is 39.1. The van der Waals surface area contributed by atoms with Gasteiger partial charge >= 0.3 is 0 Å². The lowest BCUT2D eigenvalue weighted by Crippen LogP contribution is -2.43. The number of thiazole rings is 1. The van der Waals surface area contributed by atoms with Crippen molar-refractivity contribution < 1.29 is 23.0 Å². The molecular formula is C26H33F2N5O3S. The third-order valence-electron chi connectivity index (χ3n) is 6.88. The number of carbonyl (C=O) groups excluding carboxylic acids is 1. The van der Waals surface area contributed by atoms with Crippen LogP contribution < -0.4 is 10.1 Å². The van der Waals surface area contributed by atoms with Crippen molar-refractivity contribution in [3.8, 4) is 5.19 Å². The number of carbonyl (C=O) groups is 1. The lowest BCUT2D eigenvalue weighted by molar-refractivity contribution is -0.0230. The summed E-state index contributed by atoms with van der Waals surface area (Å²) in [6.07, 6.45) is 6.50. The second kappa shape index (κ2) is 11.0. The van der Waals surface area contributed by atoms with E-state index in [4.69, 9.17) is 9.47 Å². The molecule has 1 aromatic carbocycles. The zero-order valence-corrected chi connectivity index (χ0v) is 22.0. The van der Waals surface area contributed by atoms with E-state index in [0.29, 0.717) is 17.4 Å². The number of amides is 1. The minimum Gasteiger partial charge on any atom is -0.464 e. The van der Waals surface area contributed by atoms with Crippen molar-refractivity contribution in [2.75, 3.05) is 32.8 Å². The molecular weight excluding hydrogens is 500 g/mol. The van der Waals surface area contributed by atoms with Crippen LogP contribution in [0, 0.1) is 0 Å². The first-order chi connectivity index (χ1) is 17.7. The van der Waals surface area contributed by atoms with Gasteiger partial charge in [-0.2, -0.15) is 5.10 Å². The summed E-state index contributed by atoms with van der Waals surface area (Å²) in [5, 5.41) is 8.84. The molecule has 0 spiro atoms. The summed E-state index contributed by atoms with van der Waals surface area (Å²) >= 11 is 1.39. The summed E-state index contributed by atoms with van der Waals surface area (Å²) in [7, 11) is 1.87. The average molecular weight is 534 g/mol. The van der Waals surface area contributed by atoms with E-state index in [1.54, 1.807) is 4.68 Å². The molecule has 1 amide bonds. The zero-order chi connectivity index (χ0) is 26.0. The minimum absolute atomic E-state index is 0.00694. The number of aryl methyl sites for hydroxylation is 1. The van der Waals surface area contributed by atoms with Crippen LogP contribution in [0.2, 0.25) is 0 Å². The van der Waals surface area contributed by atoms with Gasteiger partial charge in [-0.15, -0.1) is 0 Å². The van der Waals surface area contributed by atoms with Crippen LogP contribution in [0.3, 0.4) is 0 Å². The Balaban J connectivity index is 1.03. The summed E-state index contributed by atoms with van der Waals surface area (Å²) in [4.78, 5) is 20.7. The van der Waals surface area contributed by atoms with E-state index >= 15 is 0 Å². The normalized spacial score (nSPS) is 21.0. The van der Waals surface area contributed by atoms with Crippen molar-refractivity contribution in [3.05, 3.63) is 40.5 Å². The molecule has 4 heterocycles. The quantitative estimate of drug-likeness (QED) is 0.474. The van der Waals surface area contributed by atoms with Gasteiger partial charge in [0, 0.05) is 62.1 Å². The van der Waals surface area contributed by atoms with Crippen LogP contribution in [0.15, 0.2) is 24.4 Å². The number of fused-ring (bicyclic) bond motifs is 2. The number of nitrogens with one attached hydrogen (secondary N) is 1. The smallest absolute Gasteiger partial charge is 0.278 e. The molecule has 8 nitrogen and oxygen atoms in total. The van der Waals surface area contributed by atoms with Crippen LogP contribution in [0.1, 0.15) is 47.1 Å². The Morgan fingerprint density at radius 3 is 2.92 bits per heavy atom. The van der Waals surface area contributed by atoms with Gasteiger partial charge in [0.15, 0.2) is 6.61 Å². The summed E-state index contributed by atoms with van der Waals surface area (Å²) in [5.74, 6) is -2.95. The highest BCUT2D eigenvalue weighted by molar-refractivity contribution is 7.13. The fraction of sp³-hybridized carbons (Fsp3) is 0.577. The first kappa shape index (κ1) is 26.0. The fourth-order valence-electron chi connectivity index (χ4n) is 4.88. The Kier molecular flexibility index (Phi) is 7.73. The number of nitrogens with zero attached hydrogens (tertiary/aromatic N) is 4. The molecule has 0 aliphatic carbocycles. The molecule has 5 rings (SSSR count). The number of halogens is 2. The Labute approximate surface area is 218 Å². The lowest BCUT2D eigenvalue weighted by Gasteiger charge is -2.31. The monoisotopic (exact) mass is 533 g/mol. The molecule has 37 heavy (non-hydrogen) atoms. The molecule has 1 saturated heterocycles. The van der Waals surface area contributed by atoms with Crippen LogP contribution in [0.25, 0.3) is 10.9 Å². The second-order valence-corrected chi connectivity index (χ2v) is 11.2. The number of benzene rings is 1. The molecule has 1 N–H and O–H groups in total. The van der Waals surface area contributed by atoms with Crippen LogP contribution >= 0.6 is 11.3 Å². The van der Waals surface area contributed by atoms with Gasteiger partial charge in [-0.25, -0.2) is 13.8 Å². The molecule has 0 bridgehead atoms. The van der Waals surface area contributed by atoms with E-state index in [-0.39, 0.29) is 18.1 Å². The first-order valence-corrected chi connectivity index (χ1v) is 13.6. The van der Waals surface area contributed by atoms with Crippen molar-refractivity contribution in [3.63, 3.8) is 0 Å². The largest absolute Gasteiger partial charge is 0.464 e. The van der Waals surface area contributed by atoms with Gasteiger partial charge < -0.3 is 19.7 Å². The Morgan fingerprint density at radius 2 is 2.14 bits per heavy atom. The third-order valence-corrected chi connectivity index (χ3v) is 7.95. The standard InChI is InChI=1S/C26H33F2N5O3S/c1-26(27,28)16-36-25-30-21-8-11-33(12-9-23(21)37-25)10-7-20-6-5-19(15-35-20)29-24(34)17-3-4-18-14-32(2)31-22(18)13-17/h3-4,13-14,19-20H,5-12,15-16H2,1-2H3,(H,29,34)/t19-,20+/m0/s1. The maximum Gasteiger partial charge on any atom is 0.278 e. The molecule has 0 radical (unpaired) electrons. The van der Waals surface area contributed by atoms with Crippen LogP contribution in [-0.4, -0.2) is 76.5 Å². The summed E-state index contributed by atoms with van der Waals surface area (Å²) in [6.45, 7) is 3.45. The number of hydrogen-bond acceptors (Lipinski definition) is 7. The number of ether oxygens (including phenoxy) is 2. The predicted octanol–water partition coefficient (Wildman–Crippen LogP) is 3.83. The molecule has 2 aliphatic rings. The van der Waals surface area contributed by atoms with Crippen LogP contribution in [0.4, 0.5) is 8.78 Å². The van der Waals surface area contributed by atoms with Gasteiger partial charge in [-0.05, 0) is 37.8 Å². The van der Waals surface area contributed by atoms with Crippen molar-refractivity contribution in [1.29, 1.82) is 0 Å². The molecule has 0 saturated carbocycles. The molecule has 11 heteroatoms. The predicted molar refractivity (Wildman–Crippen MR) is 138 cm³/mol. The molecule has 2 atom stereocenters. The summed E-state index contributed by atoms with van der Waals surface area (Å²) in [6, 6.07) is 5.58. The first-order valence-electron chi connectivity index (χ1n) is 12.8.